The normalized spacial score (nSPS) is 11.4. The van der Waals surface area contributed by atoms with E-state index in [1.807, 2.05) is 25.1 Å². The molecule has 1 aromatic heterocycles. The van der Waals surface area contributed by atoms with Crippen molar-refractivity contribution in [2.75, 3.05) is 22.7 Å². The van der Waals surface area contributed by atoms with Gasteiger partial charge < -0.3 is 4.90 Å². The van der Waals surface area contributed by atoms with Gasteiger partial charge in [0.25, 0.3) is 10.0 Å². The summed E-state index contributed by atoms with van der Waals surface area (Å²) in [6.45, 7) is 9.87. The molecule has 0 aliphatic carbocycles. The van der Waals surface area contributed by atoms with Crippen LogP contribution in [-0.2, 0) is 10.0 Å². The van der Waals surface area contributed by atoms with Crippen molar-refractivity contribution in [2.45, 2.75) is 45.4 Å². The van der Waals surface area contributed by atoms with E-state index in [9.17, 15) is 8.42 Å². The van der Waals surface area contributed by atoms with Gasteiger partial charge in [-0.1, -0.05) is 26.0 Å². The zero-order chi connectivity index (χ0) is 18.4. The second-order valence-corrected chi connectivity index (χ2v) is 7.91. The van der Waals surface area contributed by atoms with Crippen LogP contribution in [0.15, 0.2) is 41.4 Å². The van der Waals surface area contributed by atoms with Crippen LogP contribution in [0.4, 0.5) is 11.5 Å². The topological polar surface area (TPSA) is 62.3 Å². The van der Waals surface area contributed by atoms with E-state index in [-0.39, 0.29) is 4.90 Å². The Morgan fingerprint density at radius 3 is 2.28 bits per heavy atom. The van der Waals surface area contributed by atoms with E-state index in [2.05, 4.69) is 28.5 Å². The molecule has 0 radical (unpaired) electrons. The molecule has 6 heteroatoms. The molecule has 136 valence electrons. The molecule has 0 bridgehead atoms. The third kappa shape index (κ3) is 4.95. The largest absolute Gasteiger partial charge is 0.370 e. The summed E-state index contributed by atoms with van der Waals surface area (Å²) >= 11 is 0. The highest BCUT2D eigenvalue weighted by molar-refractivity contribution is 7.92. The second-order valence-electron chi connectivity index (χ2n) is 6.26. The average molecular weight is 362 g/mol. The van der Waals surface area contributed by atoms with Gasteiger partial charge >= 0.3 is 0 Å². The maximum Gasteiger partial charge on any atom is 0.263 e. The Balaban J connectivity index is 2.21. The van der Waals surface area contributed by atoms with E-state index in [1.165, 1.54) is 0 Å². The molecule has 25 heavy (non-hydrogen) atoms. The lowest BCUT2D eigenvalue weighted by Crippen LogP contribution is -2.25. The first kappa shape index (κ1) is 19.2. The van der Waals surface area contributed by atoms with Gasteiger partial charge in [0, 0.05) is 13.1 Å². The lowest BCUT2D eigenvalue weighted by molar-refractivity contribution is 0.600. The molecule has 0 spiro atoms. The van der Waals surface area contributed by atoms with Gasteiger partial charge in [-0.05, 0) is 56.0 Å². The molecule has 1 heterocycles. The van der Waals surface area contributed by atoms with E-state index in [0.717, 1.165) is 37.2 Å². The minimum atomic E-state index is -3.65. The molecule has 5 nitrogen and oxygen atoms in total. The number of nitrogens with one attached hydrogen (secondary N) is 1. The molecule has 2 rings (SSSR count). The molecule has 0 saturated carbocycles. The van der Waals surface area contributed by atoms with Crippen LogP contribution in [0, 0.1) is 13.8 Å². The van der Waals surface area contributed by atoms with Gasteiger partial charge in [0.15, 0.2) is 0 Å². The van der Waals surface area contributed by atoms with Gasteiger partial charge in [0.05, 0.1) is 16.8 Å². The van der Waals surface area contributed by atoms with E-state index in [1.54, 1.807) is 25.3 Å². The molecule has 0 unspecified atom stereocenters. The second kappa shape index (κ2) is 8.34. The molecule has 0 amide bonds. The van der Waals surface area contributed by atoms with Crippen molar-refractivity contribution in [3.05, 3.63) is 47.7 Å². The third-order valence-corrected chi connectivity index (χ3v) is 5.47. The first-order valence-electron chi connectivity index (χ1n) is 8.68. The van der Waals surface area contributed by atoms with Crippen molar-refractivity contribution >= 4 is 21.5 Å². The van der Waals surface area contributed by atoms with Crippen LogP contribution in [0.2, 0.25) is 0 Å². The summed E-state index contributed by atoms with van der Waals surface area (Å²) in [6, 6.07) is 9.02. The summed E-state index contributed by atoms with van der Waals surface area (Å²) in [4.78, 5) is 6.84. The quantitative estimate of drug-likeness (QED) is 0.768. The van der Waals surface area contributed by atoms with Crippen molar-refractivity contribution in [3.63, 3.8) is 0 Å². The van der Waals surface area contributed by atoms with Crippen LogP contribution < -0.4 is 9.62 Å². The highest BCUT2D eigenvalue weighted by Gasteiger charge is 2.18. The molecule has 0 aliphatic heterocycles. The van der Waals surface area contributed by atoms with Gasteiger partial charge in [-0.2, -0.15) is 0 Å². The van der Waals surface area contributed by atoms with Gasteiger partial charge in [0.1, 0.15) is 5.82 Å². The van der Waals surface area contributed by atoms with Crippen LogP contribution in [0.3, 0.4) is 0 Å². The van der Waals surface area contributed by atoms with E-state index >= 15 is 0 Å². The van der Waals surface area contributed by atoms with Crippen molar-refractivity contribution in [2.24, 2.45) is 0 Å². The minimum Gasteiger partial charge on any atom is -0.370 e. The summed E-state index contributed by atoms with van der Waals surface area (Å²) in [5.74, 6) is 0.331. The SMILES string of the molecule is CCCN(CCC)c1ccc(NS(=O)(=O)c2cc(C)ccc2C)nc1. The Morgan fingerprint density at radius 2 is 1.72 bits per heavy atom. The standard InChI is InChI=1S/C19H27N3O2S/c1-5-11-22(12-6-2)17-9-10-19(20-14-17)21-25(23,24)18-13-15(3)7-8-16(18)4/h7-10,13-14H,5-6,11-12H2,1-4H3,(H,20,21). The summed E-state index contributed by atoms with van der Waals surface area (Å²) in [7, 11) is -3.65. The molecule has 0 fully saturated rings. The monoisotopic (exact) mass is 361 g/mol. The van der Waals surface area contributed by atoms with Gasteiger partial charge in [0.2, 0.25) is 0 Å². The molecule has 1 N–H and O–H groups in total. The summed E-state index contributed by atoms with van der Waals surface area (Å²) in [6.07, 6.45) is 3.84. The number of benzene rings is 1. The van der Waals surface area contributed by atoms with Crippen molar-refractivity contribution in [1.29, 1.82) is 0 Å². The van der Waals surface area contributed by atoms with E-state index in [4.69, 9.17) is 0 Å². The zero-order valence-electron chi connectivity index (χ0n) is 15.4. The predicted octanol–water partition coefficient (Wildman–Crippen LogP) is 4.13. The number of hydrogen-bond donors (Lipinski definition) is 1. The van der Waals surface area contributed by atoms with Gasteiger partial charge in [-0.25, -0.2) is 13.4 Å². The first-order valence-corrected chi connectivity index (χ1v) is 10.2. The molecular formula is C19H27N3O2S. The van der Waals surface area contributed by atoms with Gasteiger partial charge in [-0.3, -0.25) is 4.72 Å². The summed E-state index contributed by atoms with van der Waals surface area (Å²) in [5, 5.41) is 0. The number of hydrogen-bond acceptors (Lipinski definition) is 4. The molecule has 0 atom stereocenters. The third-order valence-electron chi connectivity index (χ3n) is 3.97. The van der Waals surface area contributed by atoms with Crippen LogP contribution >= 0.6 is 0 Å². The molecule has 0 aliphatic rings. The number of pyridine rings is 1. The fourth-order valence-electron chi connectivity index (χ4n) is 2.73. The fraction of sp³-hybridized carbons (Fsp3) is 0.421. The highest BCUT2D eigenvalue weighted by atomic mass is 32.2. The minimum absolute atomic E-state index is 0.289. The highest BCUT2D eigenvalue weighted by Crippen LogP contribution is 2.21. The smallest absolute Gasteiger partial charge is 0.263 e. The van der Waals surface area contributed by atoms with Crippen molar-refractivity contribution in [1.82, 2.24) is 4.98 Å². The molecule has 2 aromatic rings. The lowest BCUT2D eigenvalue weighted by Gasteiger charge is -2.23. The number of aromatic nitrogens is 1. The Labute approximate surface area is 151 Å². The predicted molar refractivity (Wildman–Crippen MR) is 104 cm³/mol. The number of nitrogens with zero attached hydrogens (tertiary/aromatic N) is 2. The lowest BCUT2D eigenvalue weighted by atomic mass is 10.2. The van der Waals surface area contributed by atoms with Crippen LogP contribution in [-0.4, -0.2) is 26.5 Å². The molecular weight excluding hydrogens is 334 g/mol. The number of rotatable bonds is 8. The Bertz CT molecular complexity index is 796. The number of anilines is 2. The van der Waals surface area contributed by atoms with Crippen LogP contribution in [0.5, 0.6) is 0 Å². The van der Waals surface area contributed by atoms with Crippen molar-refractivity contribution in [3.8, 4) is 0 Å². The average Bonchev–Trinajstić information content (AvgIpc) is 2.57. The Hall–Kier alpha value is -2.08. The maximum atomic E-state index is 12.6. The summed E-state index contributed by atoms with van der Waals surface area (Å²) < 4.78 is 27.8. The van der Waals surface area contributed by atoms with Crippen molar-refractivity contribution < 1.29 is 8.42 Å². The Morgan fingerprint density at radius 1 is 1.04 bits per heavy atom. The zero-order valence-corrected chi connectivity index (χ0v) is 16.2. The number of sulfonamides is 1. The first-order chi connectivity index (χ1) is 11.9. The van der Waals surface area contributed by atoms with Gasteiger partial charge in [-0.15, -0.1) is 0 Å². The van der Waals surface area contributed by atoms with Crippen LogP contribution in [0.25, 0.3) is 0 Å². The van der Waals surface area contributed by atoms with E-state index in [0.29, 0.717) is 11.4 Å². The molecule has 1 aromatic carbocycles. The molecule has 0 saturated heterocycles. The number of aryl methyl sites for hydroxylation is 2. The maximum absolute atomic E-state index is 12.6. The summed E-state index contributed by atoms with van der Waals surface area (Å²) in [5.41, 5.74) is 2.63. The fourth-order valence-corrected chi connectivity index (χ4v) is 4.07. The van der Waals surface area contributed by atoms with Crippen LogP contribution in [0.1, 0.15) is 37.8 Å². The Kier molecular flexibility index (Phi) is 6.42. The van der Waals surface area contributed by atoms with E-state index < -0.39 is 10.0 Å².